The molecule has 0 saturated carbocycles. The molecule has 0 fully saturated rings. The third kappa shape index (κ3) is 4.04. The van der Waals surface area contributed by atoms with Crippen LogP contribution in [0.3, 0.4) is 0 Å². The Balaban J connectivity index is 2.56. The summed E-state index contributed by atoms with van der Waals surface area (Å²) in [7, 11) is 0. The van der Waals surface area contributed by atoms with Crippen LogP contribution in [0.2, 0.25) is 0 Å². The zero-order valence-corrected chi connectivity index (χ0v) is 10.7. The minimum atomic E-state index is -0.202. The molecule has 90 valence electrons. The summed E-state index contributed by atoms with van der Waals surface area (Å²) in [6, 6.07) is 0.333. The lowest BCUT2D eigenvalue weighted by molar-refractivity contribution is -0.118. The van der Waals surface area contributed by atoms with Gasteiger partial charge in [0, 0.05) is 17.2 Å². The molecule has 0 bridgehead atoms. The van der Waals surface area contributed by atoms with Crippen LogP contribution in [0, 0.1) is 0 Å². The molecule has 1 amide bonds. The highest BCUT2D eigenvalue weighted by atomic mass is 16.1. The Kier molecular flexibility index (Phi) is 3.73. The smallest absolute Gasteiger partial charge is 0.249 e. The van der Waals surface area contributed by atoms with Crippen molar-refractivity contribution < 1.29 is 4.79 Å². The van der Waals surface area contributed by atoms with Gasteiger partial charge in [-0.1, -0.05) is 0 Å². The molecule has 0 aromatic heterocycles. The molecule has 0 radical (unpaired) electrons. The highest BCUT2D eigenvalue weighted by molar-refractivity contribution is 6.06. The van der Waals surface area contributed by atoms with E-state index < -0.39 is 0 Å². The highest BCUT2D eigenvalue weighted by Gasteiger charge is 2.20. The third-order valence-electron chi connectivity index (χ3n) is 1.95. The number of nitrogens with zero attached hydrogens (tertiary/aromatic N) is 1. The fraction of sp³-hybridized carbons (Fsp3) is 0.667. The van der Waals surface area contributed by atoms with Crippen LogP contribution in [-0.2, 0) is 4.79 Å². The summed E-state index contributed by atoms with van der Waals surface area (Å²) in [5.74, 6) is 0.769. The average Bonchev–Trinajstić information content (AvgIpc) is 2.48. The van der Waals surface area contributed by atoms with Crippen LogP contribution in [0.1, 0.15) is 34.6 Å². The molecular weight excluding hydrogens is 202 g/mol. The number of aliphatic imine (C=N–C) groups is 1. The van der Waals surface area contributed by atoms with Crippen molar-refractivity contribution in [3.8, 4) is 0 Å². The first-order valence-corrected chi connectivity index (χ1v) is 5.62. The van der Waals surface area contributed by atoms with Gasteiger partial charge in [0.15, 0.2) is 0 Å². The van der Waals surface area contributed by atoms with Crippen LogP contribution < -0.4 is 10.6 Å². The lowest BCUT2D eigenvalue weighted by atomic mass is 10.1. The van der Waals surface area contributed by atoms with Crippen LogP contribution in [0.4, 0.5) is 0 Å². The topological polar surface area (TPSA) is 53.5 Å². The molecule has 0 atom stereocenters. The van der Waals surface area contributed by atoms with E-state index in [0.29, 0.717) is 12.6 Å². The van der Waals surface area contributed by atoms with Crippen molar-refractivity contribution in [2.45, 2.75) is 46.2 Å². The number of carbonyl (C=O) groups is 1. The van der Waals surface area contributed by atoms with Crippen LogP contribution >= 0.6 is 0 Å². The summed E-state index contributed by atoms with van der Waals surface area (Å²) >= 11 is 0. The molecule has 1 heterocycles. The fourth-order valence-corrected chi connectivity index (χ4v) is 1.37. The molecule has 1 rings (SSSR count). The van der Waals surface area contributed by atoms with Crippen molar-refractivity contribution in [3.63, 3.8) is 0 Å². The average molecular weight is 223 g/mol. The van der Waals surface area contributed by atoms with E-state index in [1.54, 1.807) is 0 Å². The van der Waals surface area contributed by atoms with Gasteiger partial charge in [-0.2, -0.15) is 0 Å². The summed E-state index contributed by atoms with van der Waals surface area (Å²) in [5, 5.41) is 6.11. The Morgan fingerprint density at radius 3 is 2.56 bits per heavy atom. The van der Waals surface area contributed by atoms with Gasteiger partial charge in [-0.05, 0) is 40.7 Å². The molecule has 0 aromatic rings. The first-order chi connectivity index (χ1) is 7.28. The first-order valence-electron chi connectivity index (χ1n) is 5.62. The monoisotopic (exact) mass is 223 g/mol. The van der Waals surface area contributed by atoms with E-state index in [1.165, 1.54) is 0 Å². The van der Waals surface area contributed by atoms with Gasteiger partial charge in [0.2, 0.25) is 5.91 Å². The molecule has 0 saturated heterocycles. The number of amides is 1. The predicted molar refractivity (Wildman–Crippen MR) is 66.6 cm³/mol. The number of nitrogens with one attached hydrogen (secondary N) is 2. The summed E-state index contributed by atoms with van der Waals surface area (Å²) in [5.41, 5.74) is 0.518. The first kappa shape index (κ1) is 12.7. The standard InChI is InChI=1S/C12H21N3O/c1-8(2)14-10-6-9(7-13-10)11(16)15-12(3,4)5/h6,8H,7H2,1-5H3,(H,13,14)(H,15,16). The lowest BCUT2D eigenvalue weighted by Gasteiger charge is -2.20. The second-order valence-electron chi connectivity index (χ2n) is 5.37. The number of hydrogen-bond donors (Lipinski definition) is 2. The van der Waals surface area contributed by atoms with E-state index in [9.17, 15) is 4.79 Å². The van der Waals surface area contributed by atoms with Crippen molar-refractivity contribution in [2.24, 2.45) is 4.99 Å². The van der Waals surface area contributed by atoms with Gasteiger partial charge in [0.25, 0.3) is 0 Å². The molecule has 2 N–H and O–H groups in total. The lowest BCUT2D eigenvalue weighted by Crippen LogP contribution is -2.41. The molecular formula is C12H21N3O. The van der Waals surface area contributed by atoms with E-state index >= 15 is 0 Å². The summed E-state index contributed by atoms with van der Waals surface area (Å²) in [6.07, 6.45) is 1.82. The van der Waals surface area contributed by atoms with Crippen LogP contribution in [0.25, 0.3) is 0 Å². The van der Waals surface area contributed by atoms with E-state index in [2.05, 4.69) is 15.6 Å². The number of hydrogen-bond acceptors (Lipinski definition) is 3. The van der Waals surface area contributed by atoms with Crippen LogP contribution in [0.5, 0.6) is 0 Å². The van der Waals surface area contributed by atoms with Gasteiger partial charge >= 0.3 is 0 Å². The molecule has 4 heteroatoms. The van der Waals surface area contributed by atoms with Crippen molar-refractivity contribution in [1.82, 2.24) is 10.6 Å². The molecule has 0 spiro atoms. The van der Waals surface area contributed by atoms with Crippen molar-refractivity contribution in [2.75, 3.05) is 6.54 Å². The minimum Gasteiger partial charge on any atom is -0.368 e. The van der Waals surface area contributed by atoms with Gasteiger partial charge in [-0.3, -0.25) is 9.79 Å². The number of rotatable bonds is 2. The molecule has 1 aliphatic heterocycles. The zero-order valence-electron chi connectivity index (χ0n) is 10.7. The van der Waals surface area contributed by atoms with Gasteiger partial charge in [0.05, 0.1) is 6.54 Å². The Morgan fingerprint density at radius 2 is 2.06 bits per heavy atom. The molecule has 1 aliphatic rings. The second kappa shape index (κ2) is 4.68. The molecule has 16 heavy (non-hydrogen) atoms. The second-order valence-corrected chi connectivity index (χ2v) is 5.37. The maximum Gasteiger partial charge on any atom is 0.249 e. The van der Waals surface area contributed by atoms with Gasteiger partial charge in [-0.15, -0.1) is 0 Å². The van der Waals surface area contributed by atoms with Gasteiger partial charge in [-0.25, -0.2) is 0 Å². The number of amidine groups is 1. The highest BCUT2D eigenvalue weighted by Crippen LogP contribution is 2.08. The normalized spacial score (nSPS) is 15.9. The molecule has 4 nitrogen and oxygen atoms in total. The summed E-state index contributed by atoms with van der Waals surface area (Å²) in [6.45, 7) is 10.5. The van der Waals surface area contributed by atoms with E-state index in [1.807, 2.05) is 40.7 Å². The van der Waals surface area contributed by atoms with Gasteiger partial charge < -0.3 is 10.6 Å². The Bertz CT molecular complexity index is 335. The number of carbonyl (C=O) groups excluding carboxylic acids is 1. The Labute approximate surface area is 97.2 Å². The SMILES string of the molecule is CC(C)NC1=NCC(C(=O)NC(C)(C)C)=C1. The van der Waals surface area contributed by atoms with Crippen molar-refractivity contribution in [3.05, 3.63) is 11.6 Å². The Morgan fingerprint density at radius 1 is 1.44 bits per heavy atom. The maximum atomic E-state index is 11.8. The summed E-state index contributed by atoms with van der Waals surface area (Å²) < 4.78 is 0. The fourth-order valence-electron chi connectivity index (χ4n) is 1.37. The Hall–Kier alpha value is -1.32. The van der Waals surface area contributed by atoms with Crippen molar-refractivity contribution >= 4 is 11.7 Å². The largest absolute Gasteiger partial charge is 0.368 e. The van der Waals surface area contributed by atoms with Gasteiger partial charge in [0.1, 0.15) is 5.84 Å². The van der Waals surface area contributed by atoms with Crippen LogP contribution in [-0.4, -0.2) is 29.9 Å². The zero-order chi connectivity index (χ0) is 12.3. The van der Waals surface area contributed by atoms with E-state index in [4.69, 9.17) is 0 Å². The van der Waals surface area contributed by atoms with Crippen LogP contribution in [0.15, 0.2) is 16.6 Å². The minimum absolute atomic E-state index is 0.0307. The molecule has 0 unspecified atom stereocenters. The third-order valence-corrected chi connectivity index (χ3v) is 1.95. The van der Waals surface area contributed by atoms with E-state index in [0.717, 1.165) is 11.4 Å². The molecule has 0 aromatic carbocycles. The predicted octanol–water partition coefficient (Wildman–Crippen LogP) is 1.24. The quantitative estimate of drug-likeness (QED) is 0.740. The van der Waals surface area contributed by atoms with E-state index in [-0.39, 0.29) is 11.4 Å². The maximum absolute atomic E-state index is 11.8. The van der Waals surface area contributed by atoms with Crippen molar-refractivity contribution in [1.29, 1.82) is 0 Å². The summed E-state index contributed by atoms with van der Waals surface area (Å²) in [4.78, 5) is 16.1. The molecule has 0 aliphatic carbocycles.